The fourth-order valence-electron chi connectivity index (χ4n) is 6.26. The second-order valence-corrected chi connectivity index (χ2v) is 11.2. The Balaban J connectivity index is 1.81. The highest BCUT2D eigenvalue weighted by atomic mass is 19.1. The number of primary amides is 1. The van der Waals surface area contributed by atoms with E-state index < -0.39 is 58.1 Å². The number of aliphatic hydroxyl groups is 3. The number of likely N-dealkylation sites (N-methyl/N-ethyl adjacent to an activating group) is 1. The van der Waals surface area contributed by atoms with Crippen molar-refractivity contribution in [3.05, 3.63) is 57.6 Å². The molecule has 9 nitrogen and oxygen atoms in total. The third-order valence-electron chi connectivity index (χ3n) is 8.13. The molecule has 38 heavy (non-hydrogen) atoms. The van der Waals surface area contributed by atoms with Crippen LogP contribution in [0.4, 0.5) is 4.39 Å². The first kappa shape index (κ1) is 27.8. The number of Topliss-reactive ketones (excluding diaryl/α,β-unsaturated/α-hetero) is 1. The number of aliphatic hydroxyl groups excluding tert-OH is 2. The van der Waals surface area contributed by atoms with Crippen molar-refractivity contribution in [1.29, 1.82) is 0 Å². The van der Waals surface area contributed by atoms with Gasteiger partial charge in [-0.1, -0.05) is 20.4 Å². The van der Waals surface area contributed by atoms with Gasteiger partial charge in [0.25, 0.3) is 5.91 Å². The van der Waals surface area contributed by atoms with Crippen molar-refractivity contribution in [3.63, 3.8) is 0 Å². The third kappa shape index (κ3) is 4.11. The maximum absolute atomic E-state index is 15.7. The van der Waals surface area contributed by atoms with E-state index in [1.54, 1.807) is 19.0 Å². The van der Waals surface area contributed by atoms with Crippen LogP contribution in [0.15, 0.2) is 35.1 Å². The van der Waals surface area contributed by atoms with Gasteiger partial charge in [-0.15, -0.1) is 0 Å². The highest BCUT2D eigenvalue weighted by molar-refractivity contribution is 6.13. The molecule has 0 spiro atoms. The molecule has 4 atom stereocenters. The zero-order chi connectivity index (χ0) is 28.3. The van der Waals surface area contributed by atoms with Crippen LogP contribution in [0.3, 0.4) is 0 Å². The Kier molecular flexibility index (Phi) is 7.20. The first-order valence-corrected chi connectivity index (χ1v) is 12.8. The number of ketones is 1. The lowest BCUT2D eigenvalue weighted by Crippen LogP contribution is -2.63. The van der Waals surface area contributed by atoms with Crippen LogP contribution in [0.1, 0.15) is 43.4 Å². The highest BCUT2D eigenvalue weighted by Crippen LogP contribution is 2.54. The van der Waals surface area contributed by atoms with Crippen molar-refractivity contribution >= 4 is 17.4 Å². The molecule has 7 N–H and O–H groups in total. The van der Waals surface area contributed by atoms with Crippen LogP contribution < -0.4 is 11.1 Å². The number of nitrogens with one attached hydrogen (secondary N) is 1. The van der Waals surface area contributed by atoms with Gasteiger partial charge in [0.1, 0.15) is 23.1 Å². The molecule has 1 amide bonds. The van der Waals surface area contributed by atoms with Gasteiger partial charge in [0, 0.05) is 34.7 Å². The Hall–Kier alpha value is -3.21. The van der Waals surface area contributed by atoms with Gasteiger partial charge < -0.3 is 31.5 Å². The topological polar surface area (TPSA) is 156 Å². The summed E-state index contributed by atoms with van der Waals surface area (Å²) >= 11 is 0. The summed E-state index contributed by atoms with van der Waals surface area (Å²) in [7, 11) is 3.24. The van der Waals surface area contributed by atoms with Gasteiger partial charge in [-0.2, -0.15) is 0 Å². The molecule has 0 aromatic heterocycles. The predicted molar refractivity (Wildman–Crippen MR) is 139 cm³/mol. The third-order valence-corrected chi connectivity index (χ3v) is 8.13. The number of phenols is 1. The molecule has 10 heteroatoms. The van der Waals surface area contributed by atoms with Crippen LogP contribution in [0.25, 0.3) is 5.76 Å². The smallest absolute Gasteiger partial charge is 0.252 e. The van der Waals surface area contributed by atoms with E-state index in [2.05, 4.69) is 25.7 Å². The number of nitrogens with zero attached hydrogens (tertiary/aromatic N) is 1. The van der Waals surface area contributed by atoms with Gasteiger partial charge in [-0.25, -0.2) is 4.39 Å². The van der Waals surface area contributed by atoms with Gasteiger partial charge in [0.05, 0.1) is 17.2 Å². The van der Waals surface area contributed by atoms with Gasteiger partial charge in [-0.3, -0.25) is 14.5 Å². The van der Waals surface area contributed by atoms with Gasteiger partial charge in [0.15, 0.2) is 11.4 Å². The quantitative estimate of drug-likeness (QED) is 0.294. The molecule has 206 valence electrons. The Morgan fingerprint density at radius 2 is 1.97 bits per heavy atom. The summed E-state index contributed by atoms with van der Waals surface area (Å²) in [6, 6.07) is 0.267. The standard InChI is InChI=1S/C28H36FN3O6/c1-12(2)6-7-31-11-15-10-18(33)21-16(22(15)29)8-14-9-17-23(32(4)5)25(35)19(27(30)37)13(3)28(17,38)26(36)20(14)24(21)34/h10,12,14,17,23,31,33-35,38H,3,6-9,11H2,1-2,4-5H3,(H2,30,37)/t14-,17-,23-,28-/m0/s1. The number of halogens is 1. The van der Waals surface area contributed by atoms with Gasteiger partial charge in [0.2, 0.25) is 0 Å². The fraction of sp³-hybridized carbons (Fsp3) is 0.500. The summed E-state index contributed by atoms with van der Waals surface area (Å²) in [6.07, 6.45) is 0.958. The van der Waals surface area contributed by atoms with Crippen molar-refractivity contribution in [2.24, 2.45) is 23.5 Å². The zero-order valence-electron chi connectivity index (χ0n) is 22.1. The normalized spacial score (nSPS) is 27.1. The summed E-state index contributed by atoms with van der Waals surface area (Å²) in [5.41, 5.74) is 2.30. The molecule has 4 rings (SSSR count). The average molecular weight is 530 g/mol. The summed E-state index contributed by atoms with van der Waals surface area (Å²) in [6.45, 7) is 8.75. The Morgan fingerprint density at radius 3 is 2.55 bits per heavy atom. The number of hydrogen-bond donors (Lipinski definition) is 6. The van der Waals surface area contributed by atoms with Crippen molar-refractivity contribution in [3.8, 4) is 5.75 Å². The van der Waals surface area contributed by atoms with E-state index in [1.165, 1.54) is 6.07 Å². The van der Waals surface area contributed by atoms with Crippen molar-refractivity contribution < 1.29 is 34.4 Å². The maximum Gasteiger partial charge on any atom is 0.252 e. The molecule has 0 bridgehead atoms. The molecule has 3 aliphatic carbocycles. The van der Waals surface area contributed by atoms with Crippen LogP contribution >= 0.6 is 0 Å². The molecule has 0 radical (unpaired) electrons. The number of hydrogen-bond acceptors (Lipinski definition) is 8. The number of aromatic hydroxyl groups is 1. The molecule has 1 saturated carbocycles. The van der Waals surface area contributed by atoms with E-state index >= 15 is 4.39 Å². The second kappa shape index (κ2) is 9.83. The number of benzene rings is 1. The SMILES string of the molecule is C=C1C(C(N)=O)=C(O)[C@@H](N(C)C)[C@@H]2C[C@@H]3Cc4c(F)c(CNCCC(C)C)cc(O)c4C(O)=C3C(=O)[C@]12O. The summed E-state index contributed by atoms with van der Waals surface area (Å²) in [5.74, 6) is -5.13. The van der Waals surface area contributed by atoms with Crippen LogP contribution in [0, 0.1) is 23.6 Å². The lowest BCUT2D eigenvalue weighted by atomic mass is 9.56. The zero-order valence-corrected chi connectivity index (χ0v) is 22.1. The number of carbonyl (C=O) groups excluding carboxylic acids is 2. The number of nitrogens with two attached hydrogens (primary N) is 1. The van der Waals surface area contributed by atoms with Gasteiger partial charge >= 0.3 is 0 Å². The molecular formula is C28H36FN3O6. The predicted octanol–water partition coefficient (Wildman–Crippen LogP) is 2.23. The average Bonchev–Trinajstić information content (AvgIpc) is 2.81. The highest BCUT2D eigenvalue weighted by Gasteiger charge is 2.62. The van der Waals surface area contributed by atoms with E-state index in [-0.39, 0.29) is 53.0 Å². The molecule has 1 fully saturated rings. The summed E-state index contributed by atoms with van der Waals surface area (Å²) < 4.78 is 15.7. The van der Waals surface area contributed by atoms with Crippen molar-refractivity contribution in [2.45, 2.75) is 51.3 Å². The number of carbonyl (C=O) groups is 2. The fourth-order valence-corrected chi connectivity index (χ4v) is 6.26. The molecule has 0 heterocycles. The van der Waals surface area contributed by atoms with E-state index in [0.29, 0.717) is 12.5 Å². The van der Waals surface area contributed by atoms with Crippen LogP contribution in [-0.2, 0) is 22.6 Å². The first-order valence-electron chi connectivity index (χ1n) is 12.8. The number of phenolic OH excluding ortho intramolecular Hbond substituents is 1. The number of fused-ring (bicyclic) bond motifs is 3. The molecular weight excluding hydrogens is 493 g/mol. The Bertz CT molecular complexity index is 1280. The monoisotopic (exact) mass is 529 g/mol. The van der Waals surface area contributed by atoms with Crippen LogP contribution in [0.5, 0.6) is 5.75 Å². The van der Waals surface area contributed by atoms with Gasteiger partial charge in [-0.05, 0) is 57.8 Å². The van der Waals surface area contributed by atoms with Crippen molar-refractivity contribution in [2.75, 3.05) is 20.6 Å². The van der Waals surface area contributed by atoms with Crippen molar-refractivity contribution in [1.82, 2.24) is 10.2 Å². The van der Waals surface area contributed by atoms with Crippen LogP contribution in [-0.4, -0.2) is 69.3 Å². The van der Waals surface area contributed by atoms with E-state index in [1.807, 2.05) is 0 Å². The molecule has 1 aromatic carbocycles. The minimum Gasteiger partial charge on any atom is -0.510 e. The minimum atomic E-state index is -2.35. The molecule has 3 aliphatic rings. The largest absolute Gasteiger partial charge is 0.510 e. The summed E-state index contributed by atoms with van der Waals surface area (Å²) in [4.78, 5) is 27.6. The minimum absolute atomic E-state index is 0.00789. The van der Waals surface area contributed by atoms with Crippen LogP contribution in [0.2, 0.25) is 0 Å². The molecule has 0 aliphatic heterocycles. The molecule has 0 unspecified atom stereocenters. The Labute approximate surface area is 221 Å². The van der Waals surface area contributed by atoms with E-state index in [9.17, 15) is 30.0 Å². The molecule has 0 saturated heterocycles. The maximum atomic E-state index is 15.7. The second-order valence-electron chi connectivity index (χ2n) is 11.2. The first-order chi connectivity index (χ1) is 17.7. The lowest BCUT2D eigenvalue weighted by Gasteiger charge is -2.52. The number of amides is 1. The number of rotatable bonds is 7. The Morgan fingerprint density at radius 1 is 1.32 bits per heavy atom. The van der Waals surface area contributed by atoms with E-state index in [4.69, 9.17) is 5.73 Å². The van der Waals surface area contributed by atoms with E-state index in [0.717, 1.165) is 6.42 Å². The lowest BCUT2D eigenvalue weighted by molar-refractivity contribution is -0.143. The molecule has 1 aromatic rings. The summed E-state index contributed by atoms with van der Waals surface area (Å²) in [5, 5.41) is 47.9.